The second kappa shape index (κ2) is 8.90. The van der Waals surface area contributed by atoms with Crippen molar-refractivity contribution in [1.82, 2.24) is 4.98 Å². The molecule has 0 spiro atoms. The number of aliphatic hydroxyl groups is 1. The van der Waals surface area contributed by atoms with Gasteiger partial charge in [-0.05, 0) is 80.8 Å². The number of aromatic nitrogens is 1. The number of nitrogens with zero attached hydrogens (tertiary/aromatic N) is 2. The fourth-order valence-electron chi connectivity index (χ4n) is 4.07. The molecule has 3 aromatic rings. The van der Waals surface area contributed by atoms with Crippen molar-refractivity contribution >= 4 is 23.1 Å². The van der Waals surface area contributed by atoms with Crippen LogP contribution in [-0.4, -0.2) is 27.9 Å². The van der Waals surface area contributed by atoms with Crippen LogP contribution < -0.4 is 9.64 Å². The number of carbonyl (C=O) groups excluding carboxylic acids is 2. The fraction of sp³-hybridized carbons (Fsp3) is 0.222. The van der Waals surface area contributed by atoms with E-state index in [1.54, 1.807) is 48.8 Å². The van der Waals surface area contributed by atoms with Crippen LogP contribution in [0.5, 0.6) is 5.75 Å². The summed E-state index contributed by atoms with van der Waals surface area (Å²) >= 11 is 0. The van der Waals surface area contributed by atoms with Gasteiger partial charge in [0.1, 0.15) is 11.5 Å². The average molecular weight is 443 g/mol. The highest BCUT2D eigenvalue weighted by Crippen LogP contribution is 2.42. The highest BCUT2D eigenvalue weighted by Gasteiger charge is 2.47. The molecule has 33 heavy (non-hydrogen) atoms. The van der Waals surface area contributed by atoms with Crippen LogP contribution in [0.2, 0.25) is 0 Å². The van der Waals surface area contributed by atoms with Crippen LogP contribution in [0.1, 0.15) is 42.1 Å². The second-order valence-corrected chi connectivity index (χ2v) is 8.44. The maximum absolute atomic E-state index is 13.2. The number of carbonyl (C=O) groups is 2. The molecule has 168 valence electrons. The van der Waals surface area contributed by atoms with Crippen LogP contribution in [0.25, 0.3) is 5.76 Å². The van der Waals surface area contributed by atoms with Crippen molar-refractivity contribution in [2.24, 2.45) is 0 Å². The number of pyridine rings is 1. The van der Waals surface area contributed by atoms with Crippen molar-refractivity contribution in [3.05, 3.63) is 94.8 Å². The molecule has 1 amide bonds. The lowest BCUT2D eigenvalue weighted by Crippen LogP contribution is -2.29. The van der Waals surface area contributed by atoms with E-state index in [0.717, 1.165) is 11.1 Å². The van der Waals surface area contributed by atoms with E-state index < -0.39 is 17.7 Å². The third-order valence-corrected chi connectivity index (χ3v) is 5.54. The Morgan fingerprint density at radius 1 is 1.06 bits per heavy atom. The van der Waals surface area contributed by atoms with Gasteiger partial charge in [-0.2, -0.15) is 0 Å². The van der Waals surface area contributed by atoms with E-state index >= 15 is 0 Å². The van der Waals surface area contributed by atoms with E-state index in [1.165, 1.54) is 4.90 Å². The maximum atomic E-state index is 13.2. The van der Waals surface area contributed by atoms with Gasteiger partial charge in [-0.15, -0.1) is 0 Å². The molecule has 1 aliphatic rings. The van der Waals surface area contributed by atoms with Gasteiger partial charge in [0.15, 0.2) is 0 Å². The summed E-state index contributed by atoms with van der Waals surface area (Å²) in [5.74, 6) is -0.947. The highest BCUT2D eigenvalue weighted by molar-refractivity contribution is 6.51. The van der Waals surface area contributed by atoms with E-state index in [1.807, 2.05) is 45.9 Å². The molecule has 1 aliphatic heterocycles. The number of ketones is 1. The summed E-state index contributed by atoms with van der Waals surface area (Å²) in [7, 11) is 0. The summed E-state index contributed by atoms with van der Waals surface area (Å²) in [5, 5.41) is 11.3. The van der Waals surface area contributed by atoms with Gasteiger partial charge in [-0.3, -0.25) is 19.5 Å². The van der Waals surface area contributed by atoms with Gasteiger partial charge in [0, 0.05) is 23.6 Å². The normalized spacial score (nSPS) is 17.6. The number of anilines is 1. The number of aryl methyl sites for hydroxylation is 2. The lowest BCUT2D eigenvalue weighted by atomic mass is 9.95. The van der Waals surface area contributed by atoms with Gasteiger partial charge < -0.3 is 9.84 Å². The third kappa shape index (κ3) is 4.24. The minimum atomic E-state index is -0.799. The van der Waals surface area contributed by atoms with Crippen molar-refractivity contribution in [2.75, 3.05) is 4.90 Å². The average Bonchev–Trinajstić information content (AvgIpc) is 3.05. The first-order chi connectivity index (χ1) is 15.8. The molecule has 0 aliphatic carbocycles. The standard InChI is InChI=1S/C27H26N2O4/c1-16(2)33-22-11-10-19(14-18(22)4)25(30)23-24(20-8-6-12-28-15-20)29(27(32)26(23)31)21-9-5-7-17(3)13-21/h5-16,24,30H,1-4H3/b25-23-. The zero-order valence-electron chi connectivity index (χ0n) is 19.1. The summed E-state index contributed by atoms with van der Waals surface area (Å²) in [6, 6.07) is 15.3. The van der Waals surface area contributed by atoms with Crippen LogP contribution in [0.3, 0.4) is 0 Å². The first-order valence-corrected chi connectivity index (χ1v) is 10.8. The fourth-order valence-corrected chi connectivity index (χ4v) is 4.07. The van der Waals surface area contributed by atoms with Crippen LogP contribution in [0.4, 0.5) is 5.69 Å². The zero-order valence-corrected chi connectivity index (χ0v) is 19.1. The Balaban J connectivity index is 1.88. The van der Waals surface area contributed by atoms with Crippen LogP contribution >= 0.6 is 0 Å². The monoisotopic (exact) mass is 442 g/mol. The minimum absolute atomic E-state index is 0.00776. The molecule has 1 fully saturated rings. The van der Waals surface area contributed by atoms with Crippen molar-refractivity contribution < 1.29 is 19.4 Å². The van der Waals surface area contributed by atoms with Gasteiger partial charge in [0.05, 0.1) is 17.7 Å². The number of benzene rings is 2. The van der Waals surface area contributed by atoms with E-state index in [4.69, 9.17) is 4.74 Å². The van der Waals surface area contributed by atoms with Crippen molar-refractivity contribution in [3.63, 3.8) is 0 Å². The maximum Gasteiger partial charge on any atom is 0.300 e. The summed E-state index contributed by atoms with van der Waals surface area (Å²) in [5.41, 5.74) is 3.47. The molecule has 0 saturated carbocycles. The Kier molecular flexibility index (Phi) is 6.01. The summed E-state index contributed by atoms with van der Waals surface area (Å²) in [6.07, 6.45) is 3.24. The molecule has 2 heterocycles. The molecule has 1 saturated heterocycles. The molecular formula is C27H26N2O4. The summed E-state index contributed by atoms with van der Waals surface area (Å²) in [4.78, 5) is 32.0. The molecule has 4 rings (SSSR count). The summed E-state index contributed by atoms with van der Waals surface area (Å²) in [6.45, 7) is 7.67. The Morgan fingerprint density at radius 3 is 2.48 bits per heavy atom. The molecule has 0 bridgehead atoms. The zero-order chi connectivity index (χ0) is 23.7. The lowest BCUT2D eigenvalue weighted by molar-refractivity contribution is -0.132. The number of ether oxygens (including phenoxy) is 1. The third-order valence-electron chi connectivity index (χ3n) is 5.54. The Hall–Kier alpha value is -3.93. The van der Waals surface area contributed by atoms with E-state index in [0.29, 0.717) is 22.6 Å². The quantitative estimate of drug-likeness (QED) is 0.337. The number of amides is 1. The molecule has 6 heteroatoms. The van der Waals surface area contributed by atoms with Gasteiger partial charge in [0.2, 0.25) is 0 Å². The molecule has 1 atom stereocenters. The molecule has 6 nitrogen and oxygen atoms in total. The molecule has 2 aromatic carbocycles. The topological polar surface area (TPSA) is 79.7 Å². The first kappa shape index (κ1) is 22.3. The first-order valence-electron chi connectivity index (χ1n) is 10.8. The largest absolute Gasteiger partial charge is 0.507 e. The number of rotatable bonds is 5. The second-order valence-electron chi connectivity index (χ2n) is 8.44. The summed E-state index contributed by atoms with van der Waals surface area (Å²) < 4.78 is 5.78. The predicted molar refractivity (Wildman–Crippen MR) is 127 cm³/mol. The Labute approximate surface area is 193 Å². The van der Waals surface area contributed by atoms with Crippen molar-refractivity contribution in [3.8, 4) is 5.75 Å². The predicted octanol–water partition coefficient (Wildman–Crippen LogP) is 5.11. The number of hydrogen-bond acceptors (Lipinski definition) is 5. The Bertz CT molecular complexity index is 1250. The van der Waals surface area contributed by atoms with Gasteiger partial charge in [0.25, 0.3) is 11.7 Å². The van der Waals surface area contributed by atoms with E-state index in [2.05, 4.69) is 4.98 Å². The van der Waals surface area contributed by atoms with Crippen molar-refractivity contribution in [1.29, 1.82) is 0 Å². The Morgan fingerprint density at radius 2 is 1.85 bits per heavy atom. The van der Waals surface area contributed by atoms with Crippen LogP contribution in [0, 0.1) is 13.8 Å². The number of Topliss-reactive ketones (excluding diaryl/α,β-unsaturated/α-hetero) is 1. The lowest BCUT2D eigenvalue weighted by Gasteiger charge is -2.25. The SMILES string of the molecule is Cc1cccc(N2C(=O)C(=O)/C(=C(\O)c3ccc(OC(C)C)c(C)c3)C2c2cccnc2)c1. The molecular weight excluding hydrogens is 416 g/mol. The van der Waals surface area contributed by atoms with Crippen LogP contribution in [-0.2, 0) is 9.59 Å². The molecule has 1 N–H and O–H groups in total. The van der Waals surface area contributed by atoms with Crippen molar-refractivity contribution in [2.45, 2.75) is 39.8 Å². The van der Waals surface area contributed by atoms with Gasteiger partial charge >= 0.3 is 0 Å². The number of aliphatic hydroxyl groups excluding tert-OH is 1. The highest BCUT2D eigenvalue weighted by atomic mass is 16.5. The van der Waals surface area contributed by atoms with Gasteiger partial charge in [-0.1, -0.05) is 18.2 Å². The van der Waals surface area contributed by atoms with E-state index in [9.17, 15) is 14.7 Å². The smallest absolute Gasteiger partial charge is 0.300 e. The van der Waals surface area contributed by atoms with Crippen LogP contribution in [0.15, 0.2) is 72.6 Å². The number of hydrogen-bond donors (Lipinski definition) is 1. The van der Waals surface area contributed by atoms with E-state index in [-0.39, 0.29) is 17.4 Å². The molecule has 0 radical (unpaired) electrons. The molecule has 1 aromatic heterocycles. The minimum Gasteiger partial charge on any atom is -0.507 e. The molecule has 1 unspecified atom stereocenters. The van der Waals surface area contributed by atoms with Gasteiger partial charge in [-0.25, -0.2) is 0 Å².